The summed E-state index contributed by atoms with van der Waals surface area (Å²) in [5.41, 5.74) is 0. The standard InChI is InChI=1S/C17H32N6S.HI/c1-6-7-8-18-17(19-11-16-21-20-14(4)22(16)5)23-9-10-24-15(12-23)13(2)3;/h13,15H,6-12H2,1-5H3,(H,18,19);1H. The van der Waals surface area contributed by atoms with Crippen LogP contribution in [0.4, 0.5) is 0 Å². The van der Waals surface area contributed by atoms with Crippen LogP contribution in [0.5, 0.6) is 0 Å². The van der Waals surface area contributed by atoms with Crippen molar-refractivity contribution in [1.82, 2.24) is 25.0 Å². The van der Waals surface area contributed by atoms with Crippen molar-refractivity contribution >= 4 is 41.7 Å². The van der Waals surface area contributed by atoms with E-state index in [0.29, 0.717) is 17.7 Å². The first kappa shape index (κ1) is 22.5. The number of aryl methyl sites for hydroxylation is 1. The molecular formula is C17H33IN6S. The van der Waals surface area contributed by atoms with Crippen LogP contribution in [0.3, 0.4) is 0 Å². The highest BCUT2D eigenvalue weighted by Gasteiger charge is 2.25. The van der Waals surface area contributed by atoms with E-state index in [1.165, 1.54) is 12.2 Å². The van der Waals surface area contributed by atoms with Gasteiger partial charge in [0.15, 0.2) is 11.8 Å². The van der Waals surface area contributed by atoms with Crippen molar-refractivity contribution in [3.05, 3.63) is 11.6 Å². The second-order valence-corrected chi connectivity index (χ2v) is 8.09. The molecule has 1 saturated heterocycles. The number of guanidine groups is 1. The Hall–Kier alpha value is -0.510. The van der Waals surface area contributed by atoms with Crippen LogP contribution < -0.4 is 5.32 Å². The summed E-state index contributed by atoms with van der Waals surface area (Å²) in [7, 11) is 2.00. The smallest absolute Gasteiger partial charge is 0.194 e. The summed E-state index contributed by atoms with van der Waals surface area (Å²) in [6, 6.07) is 0. The maximum absolute atomic E-state index is 4.86. The Morgan fingerprint density at radius 1 is 1.40 bits per heavy atom. The van der Waals surface area contributed by atoms with Crippen molar-refractivity contribution in [2.75, 3.05) is 25.4 Å². The Balaban J connectivity index is 0.00000312. The molecule has 0 bridgehead atoms. The minimum absolute atomic E-state index is 0. The van der Waals surface area contributed by atoms with Gasteiger partial charge in [-0.3, -0.25) is 0 Å². The van der Waals surface area contributed by atoms with Crippen LogP contribution >= 0.6 is 35.7 Å². The van der Waals surface area contributed by atoms with Crippen LogP contribution in [0, 0.1) is 12.8 Å². The molecule has 1 aliphatic rings. The summed E-state index contributed by atoms with van der Waals surface area (Å²) < 4.78 is 2.01. The number of nitrogens with one attached hydrogen (secondary N) is 1. The van der Waals surface area contributed by atoms with E-state index >= 15 is 0 Å². The second kappa shape index (κ2) is 11.3. The molecule has 2 rings (SSSR count). The fourth-order valence-corrected chi connectivity index (χ4v) is 3.95. The molecule has 0 spiro atoms. The van der Waals surface area contributed by atoms with E-state index in [-0.39, 0.29) is 24.0 Å². The number of thioether (sulfide) groups is 1. The van der Waals surface area contributed by atoms with Crippen LogP contribution in [0.15, 0.2) is 4.99 Å². The Kier molecular flexibility index (Phi) is 10.1. The molecule has 1 unspecified atom stereocenters. The molecule has 1 aromatic heterocycles. The minimum Gasteiger partial charge on any atom is -0.356 e. The molecule has 0 saturated carbocycles. The van der Waals surface area contributed by atoms with Crippen LogP contribution in [-0.2, 0) is 13.6 Å². The number of aliphatic imine (C=N–C) groups is 1. The lowest BCUT2D eigenvalue weighted by atomic mass is 10.1. The quantitative estimate of drug-likeness (QED) is 0.294. The molecule has 0 aromatic carbocycles. The van der Waals surface area contributed by atoms with Crippen molar-refractivity contribution in [3.8, 4) is 0 Å². The highest BCUT2D eigenvalue weighted by Crippen LogP contribution is 2.24. The summed E-state index contributed by atoms with van der Waals surface area (Å²) in [5.74, 6) is 4.72. The topological polar surface area (TPSA) is 58.3 Å². The van der Waals surface area contributed by atoms with Gasteiger partial charge in [-0.2, -0.15) is 11.8 Å². The third kappa shape index (κ3) is 6.62. The zero-order chi connectivity index (χ0) is 17.5. The summed E-state index contributed by atoms with van der Waals surface area (Å²) in [4.78, 5) is 7.27. The molecule has 1 fully saturated rings. The zero-order valence-electron chi connectivity index (χ0n) is 16.2. The average Bonchev–Trinajstić information content (AvgIpc) is 2.90. The van der Waals surface area contributed by atoms with E-state index in [4.69, 9.17) is 4.99 Å². The van der Waals surface area contributed by atoms with Gasteiger partial charge in [-0.15, -0.1) is 34.2 Å². The first-order chi connectivity index (χ1) is 11.5. The predicted molar refractivity (Wildman–Crippen MR) is 118 cm³/mol. The lowest BCUT2D eigenvalue weighted by Crippen LogP contribution is -2.49. The van der Waals surface area contributed by atoms with Crippen LogP contribution in [0.25, 0.3) is 0 Å². The maximum Gasteiger partial charge on any atom is 0.194 e. The lowest BCUT2D eigenvalue weighted by molar-refractivity contribution is 0.379. The van der Waals surface area contributed by atoms with Crippen molar-refractivity contribution in [3.63, 3.8) is 0 Å². The molecule has 1 aliphatic heterocycles. The van der Waals surface area contributed by atoms with Gasteiger partial charge in [0.25, 0.3) is 0 Å². The average molecular weight is 480 g/mol. The highest BCUT2D eigenvalue weighted by molar-refractivity contribution is 14.0. The molecule has 0 aliphatic carbocycles. The fraction of sp³-hybridized carbons (Fsp3) is 0.824. The number of rotatable bonds is 6. The molecule has 2 heterocycles. The summed E-state index contributed by atoms with van der Waals surface area (Å²) >= 11 is 2.09. The third-order valence-corrected chi connectivity index (χ3v) is 6.04. The molecule has 6 nitrogen and oxygen atoms in total. The normalized spacial score (nSPS) is 18.4. The SMILES string of the molecule is CCCCNC(=NCc1nnc(C)n1C)N1CCSC(C(C)C)C1.I. The summed E-state index contributed by atoms with van der Waals surface area (Å²) in [5, 5.41) is 12.6. The van der Waals surface area contributed by atoms with E-state index in [1.54, 1.807) is 0 Å². The summed E-state index contributed by atoms with van der Waals surface area (Å²) in [6.45, 7) is 12.5. The minimum atomic E-state index is 0. The molecule has 1 N–H and O–H groups in total. The predicted octanol–water partition coefficient (Wildman–Crippen LogP) is 3.06. The number of nitrogens with zero attached hydrogens (tertiary/aromatic N) is 5. The maximum atomic E-state index is 4.86. The molecule has 25 heavy (non-hydrogen) atoms. The number of halogens is 1. The molecule has 8 heteroatoms. The van der Waals surface area contributed by atoms with Gasteiger partial charge in [-0.1, -0.05) is 27.2 Å². The lowest BCUT2D eigenvalue weighted by Gasteiger charge is -2.36. The van der Waals surface area contributed by atoms with Gasteiger partial charge >= 0.3 is 0 Å². The Morgan fingerprint density at radius 3 is 2.76 bits per heavy atom. The molecule has 0 amide bonds. The van der Waals surface area contributed by atoms with E-state index < -0.39 is 0 Å². The van der Waals surface area contributed by atoms with Crippen LogP contribution in [-0.4, -0.2) is 56.3 Å². The number of aromatic nitrogens is 3. The fourth-order valence-electron chi connectivity index (χ4n) is 2.65. The van der Waals surface area contributed by atoms with Crippen LogP contribution in [0.1, 0.15) is 45.3 Å². The van der Waals surface area contributed by atoms with Gasteiger partial charge in [0.05, 0.1) is 0 Å². The summed E-state index contributed by atoms with van der Waals surface area (Å²) in [6.07, 6.45) is 2.35. The van der Waals surface area contributed by atoms with E-state index in [1.807, 2.05) is 18.5 Å². The van der Waals surface area contributed by atoms with Crippen LogP contribution in [0.2, 0.25) is 0 Å². The van der Waals surface area contributed by atoms with E-state index in [2.05, 4.69) is 52.9 Å². The molecule has 0 radical (unpaired) electrons. The number of unbranched alkanes of at least 4 members (excludes halogenated alkanes) is 1. The van der Waals surface area contributed by atoms with E-state index in [0.717, 1.165) is 43.7 Å². The first-order valence-electron chi connectivity index (χ1n) is 9.02. The molecule has 1 atom stereocenters. The Labute approximate surface area is 173 Å². The van der Waals surface area contributed by atoms with Crippen molar-refractivity contribution < 1.29 is 0 Å². The van der Waals surface area contributed by atoms with Crippen molar-refractivity contribution in [1.29, 1.82) is 0 Å². The number of hydrogen-bond acceptors (Lipinski definition) is 4. The molecule has 1 aromatic rings. The Bertz CT molecular complexity index is 545. The van der Waals surface area contributed by atoms with Gasteiger partial charge in [-0.25, -0.2) is 4.99 Å². The zero-order valence-corrected chi connectivity index (χ0v) is 19.3. The van der Waals surface area contributed by atoms with Crippen molar-refractivity contribution in [2.45, 2.75) is 52.3 Å². The largest absolute Gasteiger partial charge is 0.356 e. The van der Waals surface area contributed by atoms with Crippen molar-refractivity contribution in [2.24, 2.45) is 18.0 Å². The Morgan fingerprint density at radius 2 is 2.16 bits per heavy atom. The van der Waals surface area contributed by atoms with Gasteiger partial charge in [0, 0.05) is 37.7 Å². The van der Waals surface area contributed by atoms with Gasteiger partial charge in [-0.05, 0) is 19.3 Å². The van der Waals surface area contributed by atoms with E-state index in [9.17, 15) is 0 Å². The molecule has 144 valence electrons. The first-order valence-corrected chi connectivity index (χ1v) is 10.1. The monoisotopic (exact) mass is 480 g/mol. The van der Waals surface area contributed by atoms with Gasteiger partial charge in [0.1, 0.15) is 12.4 Å². The second-order valence-electron chi connectivity index (χ2n) is 6.74. The molecular weight excluding hydrogens is 447 g/mol. The highest BCUT2D eigenvalue weighted by atomic mass is 127. The third-order valence-electron chi connectivity index (χ3n) is 4.50. The van der Waals surface area contributed by atoms with Gasteiger partial charge < -0.3 is 14.8 Å². The van der Waals surface area contributed by atoms with Gasteiger partial charge in [0.2, 0.25) is 0 Å². The number of hydrogen-bond donors (Lipinski definition) is 1.